The van der Waals surface area contributed by atoms with Gasteiger partial charge < -0.3 is 14.5 Å². The van der Waals surface area contributed by atoms with E-state index in [2.05, 4.69) is 29.4 Å². The molecular weight excluding hydrogens is 408 g/mol. The molecule has 3 aromatic rings. The average Bonchev–Trinajstić information content (AvgIpc) is 3.19. The van der Waals surface area contributed by atoms with E-state index < -0.39 is 4.92 Å². The monoisotopic (exact) mass is 428 g/mol. The highest BCUT2D eigenvalue weighted by Crippen LogP contribution is 2.21. The van der Waals surface area contributed by atoms with Crippen molar-refractivity contribution in [3.8, 4) is 5.75 Å². The molecule has 156 valence electrons. The molecule has 0 bridgehead atoms. The second kappa shape index (κ2) is 9.88. The number of hydrogen-bond donors (Lipinski definition) is 1. The predicted molar refractivity (Wildman–Crippen MR) is 112 cm³/mol. The van der Waals surface area contributed by atoms with Gasteiger partial charge in [0.25, 0.3) is 16.8 Å². The van der Waals surface area contributed by atoms with Crippen LogP contribution in [0.15, 0.2) is 58.2 Å². The first kappa shape index (κ1) is 21.3. The van der Waals surface area contributed by atoms with Gasteiger partial charge in [-0.1, -0.05) is 37.7 Å². The molecule has 3 rings (SSSR count). The van der Waals surface area contributed by atoms with Crippen molar-refractivity contribution in [3.05, 3.63) is 70.1 Å². The van der Waals surface area contributed by atoms with Crippen LogP contribution in [0.3, 0.4) is 0 Å². The minimum Gasteiger partial charge on any atom is -0.484 e. The summed E-state index contributed by atoms with van der Waals surface area (Å²) in [4.78, 5) is 22.2. The summed E-state index contributed by atoms with van der Waals surface area (Å²) < 4.78 is 11.1. The standard InChI is InChI=1S/C20H20N4O5S/c1-13(2)14-3-9-17(10-4-14)28-11-19-22-23-20(29-19)30-12-18(25)21-15-5-7-16(8-6-15)24(26)27/h3-10,13H,11-12H2,1-2H3,(H,21,25). The van der Waals surface area contributed by atoms with Crippen molar-refractivity contribution in [1.82, 2.24) is 10.2 Å². The quantitative estimate of drug-likeness (QED) is 0.302. The lowest BCUT2D eigenvalue weighted by Crippen LogP contribution is -2.13. The van der Waals surface area contributed by atoms with Gasteiger partial charge in [-0.15, -0.1) is 10.2 Å². The number of amides is 1. The highest BCUT2D eigenvalue weighted by Gasteiger charge is 2.11. The van der Waals surface area contributed by atoms with Crippen molar-refractivity contribution in [1.29, 1.82) is 0 Å². The zero-order chi connectivity index (χ0) is 21.5. The van der Waals surface area contributed by atoms with Crippen LogP contribution in [0.5, 0.6) is 5.75 Å². The summed E-state index contributed by atoms with van der Waals surface area (Å²) >= 11 is 1.09. The summed E-state index contributed by atoms with van der Waals surface area (Å²) in [5, 5.41) is 21.3. The third kappa shape index (κ3) is 6.05. The lowest BCUT2D eigenvalue weighted by molar-refractivity contribution is -0.384. The van der Waals surface area contributed by atoms with Gasteiger partial charge in [-0.05, 0) is 35.7 Å². The molecule has 0 aliphatic carbocycles. The molecule has 0 radical (unpaired) electrons. The van der Waals surface area contributed by atoms with Crippen LogP contribution in [-0.2, 0) is 11.4 Å². The van der Waals surface area contributed by atoms with E-state index in [1.54, 1.807) is 0 Å². The molecule has 9 nitrogen and oxygen atoms in total. The molecule has 1 amide bonds. The fraction of sp³-hybridized carbons (Fsp3) is 0.250. The molecule has 10 heteroatoms. The summed E-state index contributed by atoms with van der Waals surface area (Å²) in [6.45, 7) is 4.38. The lowest BCUT2D eigenvalue weighted by atomic mass is 10.0. The molecule has 0 aliphatic rings. The number of rotatable bonds is 9. The Bertz CT molecular complexity index is 1000. The zero-order valence-electron chi connectivity index (χ0n) is 16.4. The molecule has 0 fully saturated rings. The van der Waals surface area contributed by atoms with Crippen LogP contribution in [0.2, 0.25) is 0 Å². The normalized spacial score (nSPS) is 10.8. The Hall–Kier alpha value is -3.40. The number of carbonyl (C=O) groups is 1. The molecule has 1 heterocycles. The van der Waals surface area contributed by atoms with E-state index in [9.17, 15) is 14.9 Å². The predicted octanol–water partition coefficient (Wildman–Crippen LogP) is 4.41. The van der Waals surface area contributed by atoms with Gasteiger partial charge in [0.1, 0.15) is 5.75 Å². The maximum absolute atomic E-state index is 12.0. The van der Waals surface area contributed by atoms with Gasteiger partial charge in [-0.2, -0.15) is 0 Å². The first-order valence-corrected chi connectivity index (χ1v) is 10.1. The van der Waals surface area contributed by atoms with Crippen LogP contribution >= 0.6 is 11.8 Å². The van der Waals surface area contributed by atoms with Gasteiger partial charge in [-0.25, -0.2) is 0 Å². The topological polar surface area (TPSA) is 120 Å². The number of hydrogen-bond acceptors (Lipinski definition) is 8. The van der Waals surface area contributed by atoms with E-state index in [1.165, 1.54) is 29.8 Å². The molecule has 0 atom stereocenters. The van der Waals surface area contributed by atoms with Crippen LogP contribution in [0, 0.1) is 10.1 Å². The van der Waals surface area contributed by atoms with Crippen molar-refractivity contribution in [2.45, 2.75) is 31.6 Å². The van der Waals surface area contributed by atoms with Crippen LogP contribution in [0.1, 0.15) is 31.2 Å². The van der Waals surface area contributed by atoms with Gasteiger partial charge >= 0.3 is 0 Å². The highest BCUT2D eigenvalue weighted by molar-refractivity contribution is 7.99. The Balaban J connectivity index is 1.44. The number of nitro groups is 1. The van der Waals surface area contributed by atoms with Crippen molar-refractivity contribution in [2.75, 3.05) is 11.1 Å². The maximum Gasteiger partial charge on any atom is 0.277 e. The number of nitrogens with zero attached hydrogens (tertiary/aromatic N) is 3. The van der Waals surface area contributed by atoms with E-state index in [4.69, 9.17) is 9.15 Å². The third-order valence-electron chi connectivity index (χ3n) is 4.05. The fourth-order valence-corrected chi connectivity index (χ4v) is 3.02. The number of non-ortho nitro benzene ring substituents is 1. The molecule has 0 saturated heterocycles. The number of aromatic nitrogens is 2. The molecule has 30 heavy (non-hydrogen) atoms. The first-order chi connectivity index (χ1) is 14.4. The largest absolute Gasteiger partial charge is 0.484 e. The Morgan fingerprint density at radius 3 is 2.50 bits per heavy atom. The minimum atomic E-state index is -0.501. The molecule has 0 aliphatic heterocycles. The second-order valence-corrected chi connectivity index (χ2v) is 7.54. The van der Waals surface area contributed by atoms with E-state index in [-0.39, 0.29) is 29.2 Å². The maximum atomic E-state index is 12.0. The summed E-state index contributed by atoms with van der Waals surface area (Å²) in [6, 6.07) is 13.4. The van der Waals surface area contributed by atoms with Gasteiger partial charge in [0.05, 0.1) is 10.7 Å². The molecule has 0 unspecified atom stereocenters. The van der Waals surface area contributed by atoms with Crippen molar-refractivity contribution >= 4 is 29.0 Å². The Morgan fingerprint density at radius 2 is 1.87 bits per heavy atom. The van der Waals surface area contributed by atoms with E-state index >= 15 is 0 Å². The van der Waals surface area contributed by atoms with Crippen molar-refractivity contribution in [2.24, 2.45) is 0 Å². The van der Waals surface area contributed by atoms with E-state index in [0.29, 0.717) is 23.2 Å². The minimum absolute atomic E-state index is 0.0427. The number of benzene rings is 2. The number of ether oxygens (including phenoxy) is 1. The summed E-state index contributed by atoms with van der Waals surface area (Å²) in [5.74, 6) is 1.22. The Morgan fingerprint density at radius 1 is 1.17 bits per heavy atom. The lowest BCUT2D eigenvalue weighted by Gasteiger charge is -2.07. The van der Waals surface area contributed by atoms with Gasteiger partial charge in [0.2, 0.25) is 5.91 Å². The van der Waals surface area contributed by atoms with Crippen molar-refractivity contribution < 1.29 is 18.9 Å². The SMILES string of the molecule is CC(C)c1ccc(OCc2nnc(SCC(=O)Nc3ccc([N+](=O)[O-])cc3)o2)cc1. The van der Waals surface area contributed by atoms with Crippen LogP contribution in [0.25, 0.3) is 0 Å². The van der Waals surface area contributed by atoms with Crippen LogP contribution in [-0.4, -0.2) is 26.8 Å². The van der Waals surface area contributed by atoms with Gasteiger partial charge in [0, 0.05) is 17.8 Å². The fourth-order valence-electron chi connectivity index (χ4n) is 2.44. The average molecular weight is 428 g/mol. The Kier molecular flexibility index (Phi) is 7.02. The van der Waals surface area contributed by atoms with Crippen LogP contribution < -0.4 is 10.1 Å². The molecule has 0 saturated carbocycles. The number of nitrogens with one attached hydrogen (secondary N) is 1. The summed E-state index contributed by atoms with van der Waals surface area (Å²) in [6.07, 6.45) is 0. The third-order valence-corrected chi connectivity index (χ3v) is 4.86. The smallest absolute Gasteiger partial charge is 0.277 e. The molecule has 1 aromatic heterocycles. The number of carbonyl (C=O) groups excluding carboxylic acids is 1. The zero-order valence-corrected chi connectivity index (χ0v) is 17.2. The number of anilines is 1. The van der Waals surface area contributed by atoms with Crippen LogP contribution in [0.4, 0.5) is 11.4 Å². The second-order valence-electron chi connectivity index (χ2n) is 6.61. The molecule has 1 N–H and O–H groups in total. The van der Waals surface area contributed by atoms with Crippen molar-refractivity contribution in [3.63, 3.8) is 0 Å². The van der Waals surface area contributed by atoms with E-state index in [1.807, 2.05) is 24.3 Å². The summed E-state index contributed by atoms with van der Waals surface area (Å²) in [5.41, 5.74) is 1.65. The highest BCUT2D eigenvalue weighted by atomic mass is 32.2. The van der Waals surface area contributed by atoms with Gasteiger partial charge in [0.15, 0.2) is 6.61 Å². The number of thioether (sulfide) groups is 1. The molecular formula is C20H20N4O5S. The number of nitro benzene ring substituents is 1. The molecule has 0 spiro atoms. The van der Waals surface area contributed by atoms with E-state index in [0.717, 1.165) is 11.8 Å². The van der Waals surface area contributed by atoms with Gasteiger partial charge in [-0.3, -0.25) is 14.9 Å². The first-order valence-electron chi connectivity index (χ1n) is 9.13. The Labute approximate surface area is 177 Å². The molecule has 2 aromatic carbocycles. The summed E-state index contributed by atoms with van der Waals surface area (Å²) in [7, 11) is 0.